The number of hydrogen-bond donors (Lipinski definition) is 1. The number of carbonyl (C=O) groups excluding carboxylic acids is 1. The van der Waals surface area contributed by atoms with Crippen molar-refractivity contribution >= 4 is 29.4 Å². The van der Waals surface area contributed by atoms with E-state index in [1.165, 1.54) is 22.0 Å². The highest BCUT2D eigenvalue weighted by molar-refractivity contribution is 7.07. The fourth-order valence-corrected chi connectivity index (χ4v) is 5.36. The molecule has 0 saturated carbocycles. The Morgan fingerprint density at radius 1 is 1.11 bits per heavy atom. The van der Waals surface area contributed by atoms with Crippen LogP contribution in [0.5, 0.6) is 0 Å². The summed E-state index contributed by atoms with van der Waals surface area (Å²) in [6.07, 6.45) is 1.60. The molecule has 186 valence electrons. The Morgan fingerprint density at radius 2 is 1.84 bits per heavy atom. The number of nitrogens with zero attached hydrogens (tertiary/aromatic N) is 2. The number of hydrogen-bond acceptors (Lipinski definition) is 7. The van der Waals surface area contributed by atoms with Gasteiger partial charge in [-0.3, -0.25) is 9.36 Å². The summed E-state index contributed by atoms with van der Waals surface area (Å²) in [6.45, 7) is 3.67. The number of furan rings is 1. The minimum atomic E-state index is -1.06. The van der Waals surface area contributed by atoms with E-state index in [1.807, 2.05) is 30.3 Å². The topological polar surface area (TPSA) is 111 Å². The largest absolute Gasteiger partial charge is 0.478 e. The highest BCUT2D eigenvalue weighted by Gasteiger charge is 2.33. The second-order valence-electron chi connectivity index (χ2n) is 8.27. The number of rotatable bonds is 6. The average molecular weight is 515 g/mol. The predicted molar refractivity (Wildman–Crippen MR) is 138 cm³/mol. The summed E-state index contributed by atoms with van der Waals surface area (Å²) >= 11 is 1.19. The fourth-order valence-electron chi connectivity index (χ4n) is 4.33. The van der Waals surface area contributed by atoms with E-state index >= 15 is 0 Å². The third-order valence-corrected chi connectivity index (χ3v) is 6.94. The first-order valence-electron chi connectivity index (χ1n) is 11.6. The number of carboxylic acid groups (broad SMARTS) is 1. The maximum Gasteiger partial charge on any atom is 0.338 e. The smallest absolute Gasteiger partial charge is 0.338 e. The lowest BCUT2D eigenvalue weighted by atomic mass is 9.96. The van der Waals surface area contributed by atoms with Crippen LogP contribution in [0.2, 0.25) is 0 Å². The molecule has 8 nitrogen and oxygen atoms in total. The summed E-state index contributed by atoms with van der Waals surface area (Å²) in [6, 6.07) is 18.5. The summed E-state index contributed by atoms with van der Waals surface area (Å²) in [5, 5.41) is 9.49. The van der Waals surface area contributed by atoms with Crippen molar-refractivity contribution in [1.29, 1.82) is 0 Å². The Labute approximate surface area is 215 Å². The van der Waals surface area contributed by atoms with Gasteiger partial charge in [0.25, 0.3) is 5.56 Å². The van der Waals surface area contributed by atoms with Gasteiger partial charge in [0.05, 0.1) is 34.0 Å². The number of aromatic nitrogens is 1. The molecule has 2 aromatic heterocycles. The molecular weight excluding hydrogens is 492 g/mol. The van der Waals surface area contributed by atoms with E-state index in [2.05, 4.69) is 4.99 Å². The molecule has 3 heterocycles. The van der Waals surface area contributed by atoms with Crippen molar-refractivity contribution in [3.8, 4) is 11.3 Å². The van der Waals surface area contributed by atoms with E-state index in [1.54, 1.807) is 50.3 Å². The minimum Gasteiger partial charge on any atom is -0.478 e. The van der Waals surface area contributed by atoms with Crippen LogP contribution in [0.1, 0.15) is 41.6 Å². The number of benzene rings is 2. The third-order valence-electron chi connectivity index (χ3n) is 5.96. The molecule has 0 bridgehead atoms. The Bertz CT molecular complexity index is 1730. The minimum absolute atomic E-state index is 0.118. The van der Waals surface area contributed by atoms with Gasteiger partial charge in [-0.2, -0.15) is 0 Å². The van der Waals surface area contributed by atoms with Gasteiger partial charge in [-0.1, -0.05) is 59.9 Å². The van der Waals surface area contributed by atoms with Crippen molar-refractivity contribution < 1.29 is 23.8 Å². The van der Waals surface area contributed by atoms with Crippen molar-refractivity contribution in [3.05, 3.63) is 115 Å². The van der Waals surface area contributed by atoms with Crippen LogP contribution in [-0.4, -0.2) is 28.2 Å². The number of ether oxygens (including phenoxy) is 1. The lowest BCUT2D eigenvalue weighted by molar-refractivity contribution is -0.139. The molecule has 1 aliphatic rings. The molecule has 4 aromatic rings. The monoisotopic (exact) mass is 514 g/mol. The van der Waals surface area contributed by atoms with Gasteiger partial charge in [-0.25, -0.2) is 14.6 Å². The molecule has 9 heteroatoms. The van der Waals surface area contributed by atoms with Gasteiger partial charge in [0, 0.05) is 11.6 Å². The first kappa shape index (κ1) is 24.2. The molecule has 0 radical (unpaired) electrons. The van der Waals surface area contributed by atoms with E-state index < -0.39 is 18.0 Å². The van der Waals surface area contributed by atoms with Gasteiger partial charge >= 0.3 is 11.9 Å². The Kier molecular flexibility index (Phi) is 6.45. The van der Waals surface area contributed by atoms with Crippen LogP contribution in [0, 0.1) is 0 Å². The number of thiazole rings is 1. The van der Waals surface area contributed by atoms with Crippen LogP contribution >= 0.6 is 11.3 Å². The standard InChI is InChI=1S/C28H22N2O6S/c1-3-35-27(34)23-16(2)29-28-30(24(23)17-9-5-4-6-10-17)25(31)22(37-28)15-18-13-14-21(36-18)19-11-7-8-12-20(19)26(32)33/h4-15,24H,3H2,1-2H3,(H,32,33)/b22-15+/t24-/m1/s1. The van der Waals surface area contributed by atoms with Crippen molar-refractivity contribution in [3.63, 3.8) is 0 Å². The summed E-state index contributed by atoms with van der Waals surface area (Å²) in [7, 11) is 0. The van der Waals surface area contributed by atoms with Gasteiger partial charge < -0.3 is 14.3 Å². The van der Waals surface area contributed by atoms with Gasteiger partial charge in [0.1, 0.15) is 11.5 Å². The van der Waals surface area contributed by atoms with Crippen molar-refractivity contribution in [2.75, 3.05) is 6.61 Å². The van der Waals surface area contributed by atoms with E-state index in [4.69, 9.17) is 9.15 Å². The number of allylic oxidation sites excluding steroid dienone is 1. The Hall–Kier alpha value is -4.50. The van der Waals surface area contributed by atoms with Crippen LogP contribution in [0.25, 0.3) is 17.4 Å². The second kappa shape index (κ2) is 9.87. The first-order valence-corrected chi connectivity index (χ1v) is 12.4. The van der Waals surface area contributed by atoms with Crippen LogP contribution in [0.15, 0.2) is 92.2 Å². The summed E-state index contributed by atoms with van der Waals surface area (Å²) in [5.74, 6) is -0.812. The van der Waals surface area contributed by atoms with Gasteiger partial charge in [0.2, 0.25) is 0 Å². The average Bonchev–Trinajstić information content (AvgIpc) is 3.48. The molecule has 1 N–H and O–H groups in total. The molecule has 0 fully saturated rings. The zero-order chi connectivity index (χ0) is 26.1. The molecule has 0 unspecified atom stereocenters. The Balaban J connectivity index is 1.63. The first-order chi connectivity index (χ1) is 17.9. The van der Waals surface area contributed by atoms with Crippen LogP contribution < -0.4 is 14.9 Å². The molecule has 0 saturated heterocycles. The predicted octanol–water partition coefficient (Wildman–Crippen LogP) is 3.76. The molecule has 0 amide bonds. The number of esters is 1. The normalized spacial score (nSPS) is 15.3. The molecule has 0 aliphatic carbocycles. The van der Waals surface area contributed by atoms with Gasteiger partial charge in [0.15, 0.2) is 4.80 Å². The zero-order valence-electron chi connectivity index (χ0n) is 20.0. The van der Waals surface area contributed by atoms with Crippen molar-refractivity contribution in [2.24, 2.45) is 4.99 Å². The fraction of sp³-hybridized carbons (Fsp3) is 0.143. The molecular formula is C28H22N2O6S. The van der Waals surface area contributed by atoms with Crippen LogP contribution in [-0.2, 0) is 9.53 Å². The van der Waals surface area contributed by atoms with E-state index in [0.717, 1.165) is 5.56 Å². The SMILES string of the molecule is CCOC(=O)C1=C(C)N=c2s/c(=C/c3ccc(-c4ccccc4C(=O)O)o3)c(=O)n2[C@@H]1c1ccccc1. The van der Waals surface area contributed by atoms with Gasteiger partial charge in [-0.15, -0.1) is 0 Å². The van der Waals surface area contributed by atoms with Crippen molar-refractivity contribution in [2.45, 2.75) is 19.9 Å². The highest BCUT2D eigenvalue weighted by Crippen LogP contribution is 2.30. The third kappa shape index (κ3) is 4.45. The molecule has 2 aromatic carbocycles. The quantitative estimate of drug-likeness (QED) is 0.392. The lowest BCUT2D eigenvalue weighted by Gasteiger charge is -2.24. The number of carboxylic acids is 1. The molecule has 1 aliphatic heterocycles. The van der Waals surface area contributed by atoms with Crippen LogP contribution in [0.4, 0.5) is 0 Å². The summed E-state index contributed by atoms with van der Waals surface area (Å²) in [4.78, 5) is 43.2. The second-order valence-corrected chi connectivity index (χ2v) is 9.27. The number of aromatic carboxylic acids is 1. The van der Waals surface area contributed by atoms with Crippen LogP contribution in [0.3, 0.4) is 0 Å². The maximum atomic E-state index is 13.6. The summed E-state index contributed by atoms with van der Waals surface area (Å²) in [5.41, 5.74) is 1.81. The Morgan fingerprint density at radius 3 is 2.57 bits per heavy atom. The van der Waals surface area contributed by atoms with E-state index in [9.17, 15) is 19.5 Å². The van der Waals surface area contributed by atoms with Crippen molar-refractivity contribution in [1.82, 2.24) is 4.57 Å². The zero-order valence-corrected chi connectivity index (χ0v) is 20.8. The maximum absolute atomic E-state index is 13.6. The van der Waals surface area contributed by atoms with Gasteiger partial charge in [-0.05, 0) is 37.6 Å². The molecule has 0 spiro atoms. The molecule has 37 heavy (non-hydrogen) atoms. The lowest BCUT2D eigenvalue weighted by Crippen LogP contribution is -2.39. The number of fused-ring (bicyclic) bond motifs is 1. The van der Waals surface area contributed by atoms with E-state index in [0.29, 0.717) is 37.7 Å². The molecule has 5 rings (SSSR count). The number of carbonyl (C=O) groups is 2. The summed E-state index contributed by atoms with van der Waals surface area (Å²) < 4.78 is 13.1. The van der Waals surface area contributed by atoms with E-state index in [-0.39, 0.29) is 17.7 Å². The molecule has 1 atom stereocenters. The highest BCUT2D eigenvalue weighted by atomic mass is 32.1.